The van der Waals surface area contributed by atoms with Crippen LogP contribution in [0.3, 0.4) is 0 Å². The SMILES string of the molecule is Cc1nccn1-c1cc(CNC(=O)C(C)NC(=O)c2ccc(Br)s2)ccn1. The van der Waals surface area contributed by atoms with E-state index in [2.05, 4.69) is 36.5 Å². The highest BCUT2D eigenvalue weighted by Crippen LogP contribution is 2.21. The van der Waals surface area contributed by atoms with Gasteiger partial charge in [-0.15, -0.1) is 11.3 Å². The Kier molecular flexibility index (Phi) is 6.02. The van der Waals surface area contributed by atoms with Crippen molar-refractivity contribution in [2.45, 2.75) is 26.4 Å². The van der Waals surface area contributed by atoms with Crippen molar-refractivity contribution in [2.75, 3.05) is 0 Å². The van der Waals surface area contributed by atoms with Crippen LogP contribution in [0.2, 0.25) is 0 Å². The summed E-state index contributed by atoms with van der Waals surface area (Å²) in [5.74, 6) is 1.05. The second-order valence-electron chi connectivity index (χ2n) is 5.88. The molecule has 0 spiro atoms. The maximum absolute atomic E-state index is 12.3. The number of hydrogen-bond acceptors (Lipinski definition) is 5. The number of aromatic nitrogens is 3. The van der Waals surface area contributed by atoms with Gasteiger partial charge in [0.25, 0.3) is 5.91 Å². The van der Waals surface area contributed by atoms with E-state index >= 15 is 0 Å². The van der Waals surface area contributed by atoms with Crippen molar-refractivity contribution in [3.05, 3.63) is 62.9 Å². The number of carbonyl (C=O) groups is 2. The van der Waals surface area contributed by atoms with Crippen LogP contribution in [-0.4, -0.2) is 32.4 Å². The fourth-order valence-electron chi connectivity index (χ4n) is 2.43. The summed E-state index contributed by atoms with van der Waals surface area (Å²) < 4.78 is 2.74. The van der Waals surface area contributed by atoms with E-state index in [1.54, 1.807) is 31.5 Å². The molecule has 2 amide bonds. The van der Waals surface area contributed by atoms with E-state index in [4.69, 9.17) is 0 Å². The van der Waals surface area contributed by atoms with Crippen LogP contribution in [0, 0.1) is 6.92 Å². The number of rotatable bonds is 6. The number of halogens is 1. The molecule has 0 aliphatic rings. The van der Waals surface area contributed by atoms with Gasteiger partial charge < -0.3 is 10.6 Å². The molecule has 7 nitrogen and oxygen atoms in total. The third-order valence-corrected chi connectivity index (χ3v) is 5.51. The van der Waals surface area contributed by atoms with Crippen molar-refractivity contribution >= 4 is 39.1 Å². The smallest absolute Gasteiger partial charge is 0.262 e. The monoisotopic (exact) mass is 447 g/mol. The lowest BCUT2D eigenvalue weighted by Gasteiger charge is -2.14. The molecule has 0 saturated carbocycles. The van der Waals surface area contributed by atoms with Gasteiger partial charge in [0.2, 0.25) is 5.91 Å². The van der Waals surface area contributed by atoms with Gasteiger partial charge in [-0.25, -0.2) is 9.97 Å². The quantitative estimate of drug-likeness (QED) is 0.607. The number of nitrogens with one attached hydrogen (secondary N) is 2. The summed E-state index contributed by atoms with van der Waals surface area (Å²) in [5.41, 5.74) is 0.905. The maximum atomic E-state index is 12.3. The first-order chi connectivity index (χ1) is 12.9. The summed E-state index contributed by atoms with van der Waals surface area (Å²) in [5, 5.41) is 5.54. The Morgan fingerprint density at radius 2 is 2.07 bits per heavy atom. The van der Waals surface area contributed by atoms with Crippen molar-refractivity contribution in [3.63, 3.8) is 0 Å². The van der Waals surface area contributed by atoms with Gasteiger partial charge in [-0.05, 0) is 59.6 Å². The topological polar surface area (TPSA) is 88.9 Å². The van der Waals surface area contributed by atoms with E-state index in [-0.39, 0.29) is 11.8 Å². The molecule has 0 bridgehead atoms. The molecule has 1 unspecified atom stereocenters. The van der Waals surface area contributed by atoms with Gasteiger partial charge in [0.05, 0.1) is 8.66 Å². The molecule has 0 saturated heterocycles. The summed E-state index contributed by atoms with van der Waals surface area (Å²) in [6, 6.07) is 6.60. The second kappa shape index (κ2) is 8.45. The molecule has 1 atom stereocenters. The predicted molar refractivity (Wildman–Crippen MR) is 107 cm³/mol. The van der Waals surface area contributed by atoms with Crippen molar-refractivity contribution in [1.82, 2.24) is 25.2 Å². The van der Waals surface area contributed by atoms with Crippen LogP contribution in [0.15, 0.2) is 46.6 Å². The fraction of sp³-hybridized carbons (Fsp3) is 0.222. The lowest BCUT2D eigenvalue weighted by molar-refractivity contribution is -0.122. The molecule has 3 heterocycles. The van der Waals surface area contributed by atoms with Gasteiger partial charge >= 0.3 is 0 Å². The summed E-state index contributed by atoms with van der Waals surface area (Å²) in [4.78, 5) is 33.5. The molecule has 0 aliphatic heterocycles. The Labute approximate surface area is 169 Å². The largest absolute Gasteiger partial charge is 0.350 e. The number of nitrogens with zero attached hydrogens (tertiary/aromatic N) is 3. The minimum Gasteiger partial charge on any atom is -0.350 e. The molecule has 2 N–H and O–H groups in total. The average Bonchev–Trinajstić information content (AvgIpc) is 3.28. The third-order valence-electron chi connectivity index (χ3n) is 3.89. The highest BCUT2D eigenvalue weighted by Gasteiger charge is 2.17. The van der Waals surface area contributed by atoms with E-state index in [0.717, 1.165) is 21.0 Å². The lowest BCUT2D eigenvalue weighted by Crippen LogP contribution is -2.44. The molecule has 9 heteroatoms. The second-order valence-corrected chi connectivity index (χ2v) is 8.35. The first kappa shape index (κ1) is 19.2. The number of hydrogen-bond donors (Lipinski definition) is 2. The fourth-order valence-corrected chi connectivity index (χ4v) is 3.72. The number of imidazole rings is 1. The Hall–Kier alpha value is -2.52. The molecule has 0 radical (unpaired) electrons. The summed E-state index contributed by atoms with van der Waals surface area (Å²) in [6.45, 7) is 3.89. The summed E-state index contributed by atoms with van der Waals surface area (Å²) >= 11 is 4.64. The van der Waals surface area contributed by atoms with Gasteiger partial charge in [-0.2, -0.15) is 0 Å². The van der Waals surface area contributed by atoms with Gasteiger partial charge in [0.1, 0.15) is 17.7 Å². The molecule has 0 aromatic carbocycles. The first-order valence-electron chi connectivity index (χ1n) is 8.23. The first-order valence-corrected chi connectivity index (χ1v) is 9.84. The number of pyridine rings is 1. The Balaban J connectivity index is 1.57. The van der Waals surface area contributed by atoms with Crippen LogP contribution < -0.4 is 10.6 Å². The van der Waals surface area contributed by atoms with Gasteiger partial charge in [-0.3, -0.25) is 14.2 Å². The zero-order valence-corrected chi connectivity index (χ0v) is 17.2. The minimum atomic E-state index is -0.643. The summed E-state index contributed by atoms with van der Waals surface area (Å²) in [7, 11) is 0. The van der Waals surface area contributed by atoms with Crippen LogP contribution in [0.1, 0.15) is 28.0 Å². The van der Waals surface area contributed by atoms with Crippen molar-refractivity contribution < 1.29 is 9.59 Å². The summed E-state index contributed by atoms with van der Waals surface area (Å²) in [6.07, 6.45) is 5.23. The lowest BCUT2D eigenvalue weighted by atomic mass is 10.2. The zero-order chi connectivity index (χ0) is 19.4. The van der Waals surface area contributed by atoms with Crippen LogP contribution in [0.5, 0.6) is 0 Å². The number of aryl methyl sites for hydroxylation is 1. The Morgan fingerprint density at radius 1 is 1.26 bits per heavy atom. The number of thiophene rings is 1. The van der Waals surface area contributed by atoms with Crippen LogP contribution >= 0.6 is 27.3 Å². The Morgan fingerprint density at radius 3 is 2.74 bits per heavy atom. The van der Waals surface area contributed by atoms with Gasteiger partial charge in [-0.1, -0.05) is 0 Å². The van der Waals surface area contributed by atoms with E-state index in [9.17, 15) is 9.59 Å². The zero-order valence-electron chi connectivity index (χ0n) is 14.8. The Bertz CT molecular complexity index is 968. The minimum absolute atomic E-state index is 0.254. The van der Waals surface area contributed by atoms with Gasteiger partial charge in [0, 0.05) is 25.1 Å². The average molecular weight is 448 g/mol. The molecule has 3 rings (SSSR count). The number of amides is 2. The highest BCUT2D eigenvalue weighted by molar-refractivity contribution is 9.11. The van der Waals surface area contributed by atoms with Crippen molar-refractivity contribution in [1.29, 1.82) is 0 Å². The molecule has 27 heavy (non-hydrogen) atoms. The van der Waals surface area contributed by atoms with Crippen LogP contribution in [0.25, 0.3) is 5.82 Å². The van der Waals surface area contributed by atoms with E-state index < -0.39 is 6.04 Å². The van der Waals surface area contributed by atoms with E-state index in [0.29, 0.717) is 11.4 Å². The van der Waals surface area contributed by atoms with Crippen molar-refractivity contribution in [2.24, 2.45) is 0 Å². The van der Waals surface area contributed by atoms with Crippen LogP contribution in [-0.2, 0) is 11.3 Å². The third kappa shape index (κ3) is 4.81. The molecule has 140 valence electrons. The van der Waals surface area contributed by atoms with Crippen molar-refractivity contribution in [3.8, 4) is 5.82 Å². The normalized spacial score (nSPS) is 11.8. The molecular weight excluding hydrogens is 430 g/mol. The maximum Gasteiger partial charge on any atom is 0.262 e. The standard InChI is InChI=1S/C18H18BrN5O2S/c1-11(23-18(26)14-3-4-15(19)27-14)17(25)22-10-13-5-6-21-16(9-13)24-8-7-20-12(24)2/h3-9,11H,10H2,1-2H3,(H,22,25)(H,23,26). The van der Waals surface area contributed by atoms with E-state index in [1.807, 2.05) is 29.8 Å². The predicted octanol–water partition coefficient (Wildman–Crippen LogP) is 2.83. The molecule has 3 aromatic heterocycles. The van der Waals surface area contributed by atoms with Crippen LogP contribution in [0.4, 0.5) is 0 Å². The molecule has 0 aliphatic carbocycles. The highest BCUT2D eigenvalue weighted by atomic mass is 79.9. The van der Waals surface area contributed by atoms with Gasteiger partial charge in [0.15, 0.2) is 0 Å². The number of carbonyl (C=O) groups excluding carboxylic acids is 2. The van der Waals surface area contributed by atoms with E-state index in [1.165, 1.54) is 11.3 Å². The molecule has 3 aromatic rings. The molecular formula is C18H18BrN5O2S. The molecule has 0 fully saturated rings.